The Labute approximate surface area is 61.0 Å². The van der Waals surface area contributed by atoms with Crippen molar-refractivity contribution < 1.29 is 61.4 Å². The summed E-state index contributed by atoms with van der Waals surface area (Å²) >= 11 is 2.62. The van der Waals surface area contributed by atoms with Gasteiger partial charge in [0.1, 0.15) is 0 Å². The van der Waals surface area contributed by atoms with E-state index in [1.54, 1.807) is 0 Å². The van der Waals surface area contributed by atoms with Crippen LogP contribution in [0.2, 0.25) is 0 Å². The van der Waals surface area contributed by atoms with Gasteiger partial charge < -0.3 is 0 Å². The molecule has 4 heteroatoms. The molecular formula is NiOPt2. The Morgan fingerprint density at radius 1 is 1.00 bits per heavy atom. The fourth-order valence-electron chi connectivity index (χ4n) is 0. The van der Waals surface area contributed by atoms with Gasteiger partial charge in [-0.05, 0) is 0 Å². The van der Waals surface area contributed by atoms with E-state index in [0.29, 0.717) is 0 Å². The normalized spacial score (nSPS) is 1.50. The first-order valence-corrected chi connectivity index (χ1v) is 0.532. The Hall–Kier alpha value is 1.67. The van der Waals surface area contributed by atoms with Crippen LogP contribution in [0, 0.1) is 0 Å². The molecule has 0 aliphatic rings. The summed E-state index contributed by atoms with van der Waals surface area (Å²) in [6, 6.07) is 0. The van der Waals surface area contributed by atoms with Gasteiger partial charge >= 0.3 is 19.3 Å². The first-order chi connectivity index (χ1) is 1.00. The molecule has 0 aromatic heterocycles. The van der Waals surface area contributed by atoms with Crippen molar-refractivity contribution in [3.05, 3.63) is 0 Å². The standard InChI is InChI=1S/Ni.O.2Pt. The summed E-state index contributed by atoms with van der Waals surface area (Å²) in [4.78, 5) is 0. The summed E-state index contributed by atoms with van der Waals surface area (Å²) in [5.41, 5.74) is 0. The van der Waals surface area contributed by atoms with Crippen molar-refractivity contribution in [1.29, 1.82) is 0 Å². The third kappa shape index (κ3) is 9.38. The summed E-state index contributed by atoms with van der Waals surface area (Å²) < 4.78 is 7.88. The third-order valence-electron chi connectivity index (χ3n) is 0. The van der Waals surface area contributed by atoms with Crippen LogP contribution in [-0.2, 0) is 61.4 Å². The fourth-order valence-corrected chi connectivity index (χ4v) is 0. The van der Waals surface area contributed by atoms with Crippen LogP contribution in [0.25, 0.3) is 0 Å². The van der Waals surface area contributed by atoms with Gasteiger partial charge in [0.05, 0.1) is 0 Å². The molecular weight excluding hydrogens is 465 g/mol. The molecule has 0 amide bonds. The van der Waals surface area contributed by atoms with E-state index >= 15 is 0 Å². The van der Waals surface area contributed by atoms with E-state index in [1.807, 2.05) is 0 Å². The fraction of sp³-hybridized carbons (Fsp3) is 0. The zero-order valence-corrected chi connectivity index (χ0v) is 6.89. The third-order valence-corrected chi connectivity index (χ3v) is 0. The Morgan fingerprint density at radius 3 is 1.00 bits per heavy atom. The van der Waals surface area contributed by atoms with Crippen molar-refractivity contribution in [1.82, 2.24) is 0 Å². The van der Waals surface area contributed by atoms with Crippen LogP contribution in [0.3, 0.4) is 0 Å². The SMILES string of the molecule is [O]=[Ni].[Pt].[Pt]. The first kappa shape index (κ1) is 17.3. The van der Waals surface area contributed by atoms with Gasteiger partial charge in [0.15, 0.2) is 0 Å². The predicted octanol–water partition coefficient (Wildman–Crippen LogP) is -0.126. The zero-order valence-electron chi connectivity index (χ0n) is 1.36. The number of hydrogen-bond donors (Lipinski definition) is 0. The van der Waals surface area contributed by atoms with Gasteiger partial charge in [-0.15, -0.1) is 0 Å². The average molecular weight is 465 g/mol. The van der Waals surface area contributed by atoms with Crippen molar-refractivity contribution in [2.24, 2.45) is 0 Å². The second-order valence-electron chi connectivity index (χ2n) is 0. The molecule has 0 aliphatic heterocycles. The van der Waals surface area contributed by atoms with Gasteiger partial charge in [0.25, 0.3) is 0 Å². The van der Waals surface area contributed by atoms with Crippen molar-refractivity contribution in [3.8, 4) is 0 Å². The molecule has 0 aliphatic carbocycles. The van der Waals surface area contributed by atoms with Gasteiger partial charge in [-0.2, -0.15) is 0 Å². The molecule has 0 saturated heterocycles. The molecule has 0 radical (unpaired) electrons. The zero-order chi connectivity index (χ0) is 2.00. The maximum Gasteiger partial charge on any atom is 0 e. The van der Waals surface area contributed by atoms with E-state index in [1.165, 1.54) is 0 Å². The molecule has 1 nitrogen and oxygen atoms in total. The summed E-state index contributed by atoms with van der Waals surface area (Å²) in [7, 11) is 0. The summed E-state index contributed by atoms with van der Waals surface area (Å²) in [6.45, 7) is 0. The Morgan fingerprint density at radius 2 is 1.00 bits per heavy atom. The first-order valence-electron chi connectivity index (χ1n) is 0.129. The Balaban J connectivity index is -0.00000000500. The predicted molar refractivity (Wildman–Crippen MR) is 0.686 cm³/mol. The smallest absolute Gasteiger partial charge is 0 e. The minimum atomic E-state index is 0. The second-order valence-corrected chi connectivity index (χ2v) is 0. The molecule has 0 saturated carbocycles. The van der Waals surface area contributed by atoms with Crippen LogP contribution in [0.15, 0.2) is 0 Å². The summed E-state index contributed by atoms with van der Waals surface area (Å²) in [5.74, 6) is 0. The molecule has 0 rings (SSSR count). The van der Waals surface area contributed by atoms with Gasteiger partial charge in [-0.3, -0.25) is 0 Å². The number of hydrogen-bond acceptors (Lipinski definition) is 1. The Bertz CT molecular complexity index is 6.00. The van der Waals surface area contributed by atoms with E-state index in [9.17, 15) is 0 Å². The topological polar surface area (TPSA) is 17.1 Å². The minimum absolute atomic E-state index is 0. The van der Waals surface area contributed by atoms with E-state index in [4.69, 9.17) is 3.90 Å². The van der Waals surface area contributed by atoms with Crippen molar-refractivity contribution in [3.63, 3.8) is 0 Å². The monoisotopic (exact) mass is 464 g/mol. The molecule has 0 aromatic rings. The van der Waals surface area contributed by atoms with Crippen molar-refractivity contribution in [2.75, 3.05) is 0 Å². The van der Waals surface area contributed by atoms with Crippen molar-refractivity contribution >= 4 is 0 Å². The van der Waals surface area contributed by atoms with Crippen LogP contribution in [-0.4, -0.2) is 0 Å². The van der Waals surface area contributed by atoms with Gasteiger partial charge in [-0.1, -0.05) is 0 Å². The van der Waals surface area contributed by atoms with Crippen LogP contribution in [0.5, 0.6) is 0 Å². The molecule has 0 atom stereocenters. The second kappa shape index (κ2) is 22.6. The quantitative estimate of drug-likeness (QED) is 0.457. The molecule has 0 bridgehead atoms. The summed E-state index contributed by atoms with van der Waals surface area (Å²) in [6.07, 6.45) is 0. The maximum absolute atomic E-state index is 7.88. The minimum Gasteiger partial charge on any atom is 0 e. The van der Waals surface area contributed by atoms with Crippen LogP contribution >= 0.6 is 0 Å². The van der Waals surface area contributed by atoms with Crippen LogP contribution < -0.4 is 0 Å². The summed E-state index contributed by atoms with van der Waals surface area (Å²) in [5, 5.41) is 0. The molecule has 36 valence electrons. The van der Waals surface area contributed by atoms with E-state index < -0.39 is 0 Å². The molecule has 0 N–H and O–H groups in total. The molecule has 0 spiro atoms. The molecule has 0 aromatic carbocycles. The molecule has 4 heavy (non-hydrogen) atoms. The van der Waals surface area contributed by atoms with E-state index in [0.717, 1.165) is 0 Å². The van der Waals surface area contributed by atoms with E-state index in [2.05, 4.69) is 15.4 Å². The molecule has 0 unspecified atom stereocenters. The average Bonchev–Trinajstić information content (AvgIpc) is 1.00. The molecule has 0 heterocycles. The van der Waals surface area contributed by atoms with Gasteiger partial charge in [0.2, 0.25) is 0 Å². The van der Waals surface area contributed by atoms with Crippen LogP contribution in [0.4, 0.5) is 0 Å². The van der Waals surface area contributed by atoms with Gasteiger partial charge in [-0.25, -0.2) is 0 Å². The Kier molecular flexibility index (Phi) is 97.8. The van der Waals surface area contributed by atoms with Crippen molar-refractivity contribution in [2.45, 2.75) is 0 Å². The number of rotatable bonds is 0. The van der Waals surface area contributed by atoms with E-state index in [-0.39, 0.29) is 42.1 Å². The molecule has 0 fully saturated rings. The largest absolute Gasteiger partial charge is 0 e. The van der Waals surface area contributed by atoms with Gasteiger partial charge in [0, 0.05) is 42.1 Å². The maximum atomic E-state index is 7.88. The van der Waals surface area contributed by atoms with Crippen LogP contribution in [0.1, 0.15) is 0 Å².